The third kappa shape index (κ3) is 5.01. The topological polar surface area (TPSA) is 83.3 Å². The third-order valence-electron chi connectivity index (χ3n) is 5.17. The van der Waals surface area contributed by atoms with E-state index in [0.717, 1.165) is 29.9 Å². The van der Waals surface area contributed by atoms with E-state index in [2.05, 4.69) is 39.8 Å². The number of hydrogen-bond donors (Lipinski definition) is 2. The summed E-state index contributed by atoms with van der Waals surface area (Å²) in [6, 6.07) is 4.00. The van der Waals surface area contributed by atoms with Crippen molar-refractivity contribution in [1.29, 1.82) is 0 Å². The largest absolute Gasteiger partial charge is 0.444 e. The van der Waals surface area contributed by atoms with Gasteiger partial charge in [0, 0.05) is 42.9 Å². The van der Waals surface area contributed by atoms with Crippen molar-refractivity contribution < 1.29 is 9.21 Å². The Kier molecular flexibility index (Phi) is 6.87. The van der Waals surface area contributed by atoms with Crippen LogP contribution in [0.15, 0.2) is 47.1 Å². The Balaban J connectivity index is 1.60. The van der Waals surface area contributed by atoms with Crippen LogP contribution in [0.5, 0.6) is 0 Å². The smallest absolute Gasteiger partial charge is 0.277 e. The summed E-state index contributed by atoms with van der Waals surface area (Å²) in [6.07, 6.45) is 11.3. The number of rotatable bonds is 7. The second-order valence-electron chi connectivity index (χ2n) is 7.07. The van der Waals surface area contributed by atoms with Gasteiger partial charge in [0.15, 0.2) is 5.69 Å². The van der Waals surface area contributed by atoms with E-state index < -0.39 is 0 Å². The molecule has 2 heterocycles. The van der Waals surface area contributed by atoms with Crippen molar-refractivity contribution in [2.45, 2.75) is 51.3 Å². The molecule has 1 fully saturated rings. The minimum Gasteiger partial charge on any atom is -0.444 e. The van der Waals surface area contributed by atoms with Gasteiger partial charge in [-0.25, -0.2) is 10.4 Å². The van der Waals surface area contributed by atoms with Crippen molar-refractivity contribution in [2.24, 2.45) is 0 Å². The van der Waals surface area contributed by atoms with Crippen LogP contribution in [0.3, 0.4) is 0 Å². The lowest BCUT2D eigenvalue weighted by molar-refractivity contribution is 0.0958. The van der Waals surface area contributed by atoms with Crippen molar-refractivity contribution in [3.05, 3.63) is 48.4 Å². The van der Waals surface area contributed by atoms with Gasteiger partial charge in [0.2, 0.25) is 5.89 Å². The highest BCUT2D eigenvalue weighted by molar-refractivity contribution is 6.35. The fraction of sp³-hybridized carbons (Fsp3) is 0.450. The Morgan fingerprint density at radius 1 is 1.29 bits per heavy atom. The van der Waals surface area contributed by atoms with Gasteiger partial charge in [0.1, 0.15) is 13.5 Å². The van der Waals surface area contributed by atoms with Gasteiger partial charge in [-0.3, -0.25) is 9.78 Å². The Morgan fingerprint density at radius 3 is 2.64 bits per heavy atom. The van der Waals surface area contributed by atoms with Crippen LogP contribution in [-0.4, -0.2) is 41.3 Å². The first-order chi connectivity index (χ1) is 13.6. The minimum absolute atomic E-state index is 0.245. The lowest BCUT2D eigenvalue weighted by Gasteiger charge is -2.35. The van der Waals surface area contributed by atoms with Gasteiger partial charge < -0.3 is 14.7 Å². The van der Waals surface area contributed by atoms with Gasteiger partial charge in [0.05, 0.1) is 0 Å². The summed E-state index contributed by atoms with van der Waals surface area (Å²) < 4.78 is 5.43. The van der Waals surface area contributed by atoms with Gasteiger partial charge in [-0.2, -0.15) is 0 Å². The number of hydrazine groups is 1. The van der Waals surface area contributed by atoms with Crippen LogP contribution >= 0.6 is 0 Å². The molecule has 8 heteroatoms. The van der Waals surface area contributed by atoms with Crippen molar-refractivity contribution in [3.63, 3.8) is 0 Å². The van der Waals surface area contributed by atoms with Crippen LogP contribution in [0.2, 0.25) is 12.6 Å². The number of pyridine rings is 1. The Hall–Kier alpha value is -2.61. The molecule has 2 aromatic heterocycles. The number of aromatic nitrogens is 2. The van der Waals surface area contributed by atoms with E-state index in [-0.39, 0.29) is 11.6 Å². The van der Waals surface area contributed by atoms with E-state index >= 15 is 0 Å². The monoisotopic (exact) mass is 380 g/mol. The average molecular weight is 380 g/mol. The van der Waals surface area contributed by atoms with E-state index in [0.29, 0.717) is 11.9 Å². The number of nitrogens with zero attached hydrogens (tertiary/aromatic N) is 3. The van der Waals surface area contributed by atoms with E-state index in [1.54, 1.807) is 24.5 Å². The Morgan fingerprint density at radius 2 is 2.00 bits per heavy atom. The van der Waals surface area contributed by atoms with Crippen molar-refractivity contribution in [1.82, 2.24) is 25.7 Å². The highest BCUT2D eigenvalue weighted by Crippen LogP contribution is 2.30. The first-order valence-corrected chi connectivity index (χ1v) is 9.71. The maximum Gasteiger partial charge on any atom is 0.277 e. The fourth-order valence-electron chi connectivity index (χ4n) is 3.55. The molecule has 7 nitrogen and oxygen atoms in total. The molecule has 0 aromatic carbocycles. The molecule has 3 rings (SSSR count). The fourth-order valence-corrected chi connectivity index (χ4v) is 3.55. The van der Waals surface area contributed by atoms with Gasteiger partial charge in [-0.15, -0.1) is 0 Å². The normalized spacial score (nSPS) is 19.9. The molecule has 0 saturated heterocycles. The highest BCUT2D eigenvalue weighted by Gasteiger charge is 2.23. The molecule has 2 N–H and O–H groups in total. The average Bonchev–Trinajstić information content (AvgIpc) is 3.23. The van der Waals surface area contributed by atoms with Crippen LogP contribution in [0, 0.1) is 0 Å². The third-order valence-corrected chi connectivity index (χ3v) is 5.17. The number of allylic oxidation sites excluding steroid dienone is 1. The second-order valence-corrected chi connectivity index (χ2v) is 7.07. The molecule has 0 bridgehead atoms. The van der Waals surface area contributed by atoms with Crippen LogP contribution in [0.1, 0.15) is 43.1 Å². The predicted molar refractivity (Wildman–Crippen MR) is 109 cm³/mol. The van der Waals surface area contributed by atoms with Crippen molar-refractivity contribution >= 4 is 13.2 Å². The molecule has 28 heavy (non-hydrogen) atoms. The maximum absolute atomic E-state index is 12.5. The zero-order valence-electron chi connectivity index (χ0n) is 16.7. The molecule has 147 valence electrons. The number of carbonyl (C=O) groups excluding carboxylic acids is 1. The quantitative estimate of drug-likeness (QED) is 0.567. The molecular weight excluding hydrogens is 353 g/mol. The number of hydrogen-bond acceptors (Lipinski definition) is 6. The summed E-state index contributed by atoms with van der Waals surface area (Å²) in [6.45, 7) is 4.02. The predicted octanol–water partition coefficient (Wildman–Crippen LogP) is 3.25. The summed E-state index contributed by atoms with van der Waals surface area (Å²) in [5.41, 5.74) is 5.00. The maximum atomic E-state index is 12.5. The zero-order valence-corrected chi connectivity index (χ0v) is 16.7. The Bertz CT molecular complexity index is 800. The Labute approximate surface area is 166 Å². The van der Waals surface area contributed by atoms with Crippen LogP contribution in [-0.2, 0) is 0 Å². The van der Waals surface area contributed by atoms with Gasteiger partial charge in [-0.1, -0.05) is 25.5 Å². The lowest BCUT2D eigenvalue weighted by Crippen LogP contribution is -2.42. The minimum atomic E-state index is -0.293. The van der Waals surface area contributed by atoms with E-state index in [1.807, 2.05) is 20.2 Å². The molecule has 1 saturated carbocycles. The van der Waals surface area contributed by atoms with Crippen molar-refractivity contribution in [2.75, 3.05) is 7.05 Å². The van der Waals surface area contributed by atoms with Crippen LogP contribution in [0.25, 0.3) is 11.5 Å². The van der Waals surface area contributed by atoms with Gasteiger partial charge in [0.25, 0.3) is 5.91 Å². The number of amides is 1. The molecule has 1 amide bonds. The van der Waals surface area contributed by atoms with Gasteiger partial charge in [-0.05, 0) is 31.9 Å². The molecule has 1 aliphatic carbocycles. The molecule has 1 aliphatic rings. The van der Waals surface area contributed by atoms with Crippen LogP contribution in [0.4, 0.5) is 0 Å². The molecule has 1 radical (unpaired) electrons. The van der Waals surface area contributed by atoms with E-state index in [1.165, 1.54) is 19.1 Å². The standard InChI is InChI=1S/C20H27BN5O2/c1-14(12-26(22-3)17-6-4-16(21-2)5-7-17)24-19(27)18-13-28-20(25-18)15-8-10-23-11-9-15/h8-13,16-17,22H,4-7H2,1-3H3,(H,24,27)/b14-12+. The summed E-state index contributed by atoms with van der Waals surface area (Å²) in [4.78, 5) is 20.7. The summed E-state index contributed by atoms with van der Waals surface area (Å²) in [5.74, 6) is 0.829. The summed E-state index contributed by atoms with van der Waals surface area (Å²) >= 11 is 0. The van der Waals surface area contributed by atoms with Gasteiger partial charge >= 0.3 is 0 Å². The van der Waals surface area contributed by atoms with E-state index in [4.69, 9.17) is 4.42 Å². The first-order valence-electron chi connectivity index (χ1n) is 9.71. The molecular formula is C20H27BN5O2. The van der Waals surface area contributed by atoms with E-state index in [9.17, 15) is 4.79 Å². The summed E-state index contributed by atoms with van der Waals surface area (Å²) in [5, 5.41) is 4.97. The summed E-state index contributed by atoms with van der Waals surface area (Å²) in [7, 11) is 4.21. The second kappa shape index (κ2) is 9.55. The zero-order chi connectivity index (χ0) is 19.9. The molecule has 0 spiro atoms. The lowest BCUT2D eigenvalue weighted by atomic mass is 9.60. The molecule has 0 unspecified atom stereocenters. The SMILES string of the molecule is C[B]C1CCC(N(/C=C(\C)NC(=O)c2coc(-c3ccncc3)n2)NC)CC1. The first kappa shape index (κ1) is 20.1. The highest BCUT2D eigenvalue weighted by atomic mass is 16.3. The molecule has 2 aromatic rings. The molecule has 0 atom stereocenters. The number of oxazole rings is 1. The molecule has 0 aliphatic heterocycles. The number of nitrogens with one attached hydrogen (secondary N) is 2. The number of carbonyl (C=O) groups is 1. The van der Waals surface area contributed by atoms with Crippen molar-refractivity contribution in [3.8, 4) is 11.5 Å². The van der Waals surface area contributed by atoms with Crippen LogP contribution < -0.4 is 10.7 Å².